The highest BCUT2D eigenvalue weighted by atomic mass is 32.2. The molecule has 3 aromatic rings. The van der Waals surface area contributed by atoms with Crippen LogP contribution in [-0.4, -0.2) is 61.7 Å². The second-order valence-corrected chi connectivity index (χ2v) is 11.1. The number of carbonyl (C=O) groups is 1. The van der Waals surface area contributed by atoms with E-state index in [2.05, 4.69) is 20.8 Å². The number of rotatable bonds is 7. The van der Waals surface area contributed by atoms with Crippen LogP contribution in [-0.2, 0) is 27.7 Å². The number of nitrogens with one attached hydrogen (secondary N) is 3. The topological polar surface area (TPSA) is 126 Å². The van der Waals surface area contributed by atoms with E-state index in [1.54, 1.807) is 25.3 Å². The van der Waals surface area contributed by atoms with Crippen LogP contribution in [0.1, 0.15) is 34.5 Å². The molecule has 10 nitrogen and oxygen atoms in total. The summed E-state index contributed by atoms with van der Waals surface area (Å²) in [6, 6.07) is 7.38. The molecule has 1 amide bonds. The second-order valence-electron chi connectivity index (χ2n) is 9.11. The number of aromatic amines is 1. The number of ether oxygens (including phenoxy) is 2. The Morgan fingerprint density at radius 1 is 1.16 bits per heavy atom. The molecule has 38 heavy (non-hydrogen) atoms. The second kappa shape index (κ2) is 10.7. The zero-order chi connectivity index (χ0) is 26.9. The summed E-state index contributed by atoms with van der Waals surface area (Å²) in [5, 5.41) is 13.2. The van der Waals surface area contributed by atoms with Gasteiger partial charge in [-0.3, -0.25) is 9.89 Å². The van der Waals surface area contributed by atoms with Crippen molar-refractivity contribution < 1.29 is 31.5 Å². The Bertz CT molecular complexity index is 1440. The van der Waals surface area contributed by atoms with E-state index in [1.165, 1.54) is 0 Å². The van der Waals surface area contributed by atoms with Gasteiger partial charge in [0.1, 0.15) is 23.2 Å². The fraction of sp³-hybridized carbons (Fsp3) is 0.360. The molecule has 2 aliphatic rings. The third-order valence-corrected chi connectivity index (χ3v) is 8.47. The molecular weight excluding hydrogens is 520 g/mol. The Morgan fingerprint density at radius 2 is 1.89 bits per heavy atom. The Balaban J connectivity index is 1.37. The van der Waals surface area contributed by atoms with Crippen molar-refractivity contribution in [3.8, 4) is 5.75 Å². The molecule has 0 radical (unpaired) electrons. The van der Waals surface area contributed by atoms with Gasteiger partial charge in [-0.15, -0.1) is 0 Å². The average Bonchev–Trinajstić information content (AvgIpc) is 3.30. The maximum absolute atomic E-state index is 13.7. The molecule has 202 valence electrons. The molecule has 1 aromatic heterocycles. The lowest BCUT2D eigenvalue weighted by atomic mass is 10.1. The first-order chi connectivity index (χ1) is 18.2. The van der Waals surface area contributed by atoms with Crippen LogP contribution in [0.3, 0.4) is 0 Å². The number of methoxy groups -OCH3 is 1. The fourth-order valence-corrected chi connectivity index (χ4v) is 6.06. The number of hydrogen-bond acceptors (Lipinski definition) is 7. The van der Waals surface area contributed by atoms with E-state index >= 15 is 0 Å². The minimum atomic E-state index is -4.19. The maximum atomic E-state index is 13.7. The van der Waals surface area contributed by atoms with Crippen molar-refractivity contribution in [2.24, 2.45) is 0 Å². The van der Waals surface area contributed by atoms with Gasteiger partial charge in [0.25, 0.3) is 5.91 Å². The molecule has 0 saturated carbocycles. The van der Waals surface area contributed by atoms with Crippen molar-refractivity contribution in [3.05, 3.63) is 64.9 Å². The fourth-order valence-electron chi connectivity index (χ4n) is 4.61. The Labute approximate surface area is 218 Å². The predicted molar refractivity (Wildman–Crippen MR) is 135 cm³/mol. The van der Waals surface area contributed by atoms with Crippen LogP contribution >= 0.6 is 0 Å². The molecule has 1 saturated heterocycles. The van der Waals surface area contributed by atoms with E-state index in [1.807, 2.05) is 0 Å². The zero-order valence-corrected chi connectivity index (χ0v) is 21.4. The van der Waals surface area contributed by atoms with Gasteiger partial charge < -0.3 is 20.1 Å². The highest BCUT2D eigenvalue weighted by Gasteiger charge is 2.32. The number of halogens is 2. The van der Waals surface area contributed by atoms with Gasteiger partial charge in [-0.1, -0.05) is 0 Å². The van der Waals surface area contributed by atoms with Gasteiger partial charge >= 0.3 is 0 Å². The summed E-state index contributed by atoms with van der Waals surface area (Å²) >= 11 is 0. The van der Waals surface area contributed by atoms with Gasteiger partial charge in [-0.05, 0) is 37.1 Å². The summed E-state index contributed by atoms with van der Waals surface area (Å²) in [6.07, 6.45) is 1.86. The lowest BCUT2D eigenvalue weighted by Gasteiger charge is -2.26. The van der Waals surface area contributed by atoms with Crippen LogP contribution < -0.4 is 15.4 Å². The standard InChI is InChI=1S/C25H27F2N5O5S/c1-36-18-2-3-20(23(13-18)28-17-5-8-37-9-6-17)25(33)29-24-21-14-32(7-4-22(21)30-31-24)38(34,35)19-11-15(26)10-16(27)12-19/h2-3,10-13,17,28H,4-9,14H2,1H3,(H2,29,30,31,33). The quantitative estimate of drug-likeness (QED) is 0.415. The number of sulfonamides is 1. The highest BCUT2D eigenvalue weighted by molar-refractivity contribution is 7.89. The van der Waals surface area contributed by atoms with Crippen LogP contribution in [0, 0.1) is 11.6 Å². The lowest BCUT2D eigenvalue weighted by Crippen LogP contribution is -2.36. The molecule has 5 rings (SSSR count). The van der Waals surface area contributed by atoms with Crippen LogP contribution in [0.25, 0.3) is 0 Å². The summed E-state index contributed by atoms with van der Waals surface area (Å²) in [5.74, 6) is -1.56. The largest absolute Gasteiger partial charge is 0.497 e. The summed E-state index contributed by atoms with van der Waals surface area (Å²) in [4.78, 5) is 12.9. The molecule has 0 aliphatic carbocycles. The normalized spacial score (nSPS) is 16.6. The number of aromatic nitrogens is 2. The molecule has 1 fully saturated rings. The zero-order valence-electron chi connectivity index (χ0n) is 20.6. The molecule has 0 bridgehead atoms. The summed E-state index contributed by atoms with van der Waals surface area (Å²) < 4.78 is 65.5. The minimum absolute atomic E-state index is 0.0728. The summed E-state index contributed by atoms with van der Waals surface area (Å²) in [6.45, 7) is 1.21. The number of amides is 1. The third-order valence-electron chi connectivity index (χ3n) is 6.65. The number of H-pyrrole nitrogens is 1. The van der Waals surface area contributed by atoms with E-state index in [-0.39, 0.29) is 31.4 Å². The van der Waals surface area contributed by atoms with Gasteiger partial charge in [-0.25, -0.2) is 17.2 Å². The van der Waals surface area contributed by atoms with Crippen LogP contribution in [0.5, 0.6) is 5.75 Å². The SMILES string of the molecule is COc1ccc(C(=O)Nc2[nH]nc3c2CN(S(=O)(=O)c2cc(F)cc(F)c2)CC3)c(NC2CCOCC2)c1. The van der Waals surface area contributed by atoms with Crippen molar-refractivity contribution in [1.29, 1.82) is 0 Å². The van der Waals surface area contributed by atoms with Gasteiger partial charge in [0.2, 0.25) is 10.0 Å². The maximum Gasteiger partial charge on any atom is 0.258 e. The molecule has 0 atom stereocenters. The Kier molecular flexibility index (Phi) is 7.32. The van der Waals surface area contributed by atoms with Crippen LogP contribution in [0.15, 0.2) is 41.3 Å². The van der Waals surface area contributed by atoms with Crippen LogP contribution in [0.2, 0.25) is 0 Å². The number of anilines is 2. The number of nitrogens with zero attached hydrogens (tertiary/aromatic N) is 2. The van der Waals surface area contributed by atoms with E-state index in [4.69, 9.17) is 9.47 Å². The first-order valence-electron chi connectivity index (χ1n) is 12.1. The molecule has 3 N–H and O–H groups in total. The van der Waals surface area contributed by atoms with Crippen molar-refractivity contribution in [1.82, 2.24) is 14.5 Å². The molecular formula is C25H27F2N5O5S. The average molecular weight is 548 g/mol. The molecule has 13 heteroatoms. The number of benzene rings is 2. The van der Waals surface area contributed by atoms with Gasteiger partial charge in [0.15, 0.2) is 0 Å². The van der Waals surface area contributed by atoms with Gasteiger partial charge in [-0.2, -0.15) is 9.40 Å². The number of hydrogen-bond donors (Lipinski definition) is 3. The van der Waals surface area contributed by atoms with Crippen LogP contribution in [0.4, 0.5) is 20.3 Å². The molecule has 2 aliphatic heterocycles. The molecule has 2 aromatic carbocycles. The van der Waals surface area contributed by atoms with E-state index in [0.29, 0.717) is 47.5 Å². The minimum Gasteiger partial charge on any atom is -0.497 e. The van der Waals surface area contributed by atoms with Crippen molar-refractivity contribution in [3.63, 3.8) is 0 Å². The first-order valence-corrected chi connectivity index (χ1v) is 13.5. The molecule has 3 heterocycles. The van der Waals surface area contributed by atoms with Crippen molar-refractivity contribution in [2.75, 3.05) is 37.5 Å². The molecule has 0 spiro atoms. The van der Waals surface area contributed by atoms with E-state index in [9.17, 15) is 22.0 Å². The lowest BCUT2D eigenvalue weighted by molar-refractivity contribution is 0.0904. The summed E-state index contributed by atoms with van der Waals surface area (Å²) in [7, 11) is -2.65. The van der Waals surface area contributed by atoms with Crippen molar-refractivity contribution >= 4 is 27.4 Å². The van der Waals surface area contributed by atoms with E-state index in [0.717, 1.165) is 29.3 Å². The van der Waals surface area contributed by atoms with Gasteiger partial charge in [0, 0.05) is 56.5 Å². The molecule has 0 unspecified atom stereocenters. The first kappa shape index (κ1) is 26.1. The predicted octanol–water partition coefficient (Wildman–Crippen LogP) is 3.29. The monoisotopic (exact) mass is 547 g/mol. The Morgan fingerprint density at radius 3 is 2.61 bits per heavy atom. The van der Waals surface area contributed by atoms with Gasteiger partial charge in [0.05, 0.1) is 29.0 Å². The summed E-state index contributed by atoms with van der Waals surface area (Å²) in [5.41, 5.74) is 2.06. The van der Waals surface area contributed by atoms with E-state index < -0.39 is 32.5 Å². The van der Waals surface area contributed by atoms with Crippen molar-refractivity contribution in [2.45, 2.75) is 36.7 Å². The highest BCUT2D eigenvalue weighted by Crippen LogP contribution is 2.30. The smallest absolute Gasteiger partial charge is 0.258 e. The Hall–Kier alpha value is -3.55. The third kappa shape index (κ3) is 5.35. The number of carbonyl (C=O) groups excluding carboxylic acids is 1. The number of fused-ring (bicyclic) bond motifs is 1.